The SMILES string of the molecule is COc1ccc(-c2nc(N)c3c(n2)CCOC3)cc1F. The standard InChI is InChI=1S/C14H14FN3O2/c1-19-12-3-2-8(6-10(12)15)14-17-11-4-5-20-7-9(11)13(16)18-14/h2-3,6H,4-5,7H2,1H3,(H2,16,17,18). The van der Waals surface area contributed by atoms with E-state index in [2.05, 4.69) is 9.97 Å². The maximum absolute atomic E-state index is 13.7. The number of ether oxygens (including phenoxy) is 2. The van der Waals surface area contributed by atoms with Gasteiger partial charge in [0.1, 0.15) is 5.82 Å². The Bertz CT molecular complexity index is 661. The van der Waals surface area contributed by atoms with Gasteiger partial charge in [0, 0.05) is 17.5 Å². The van der Waals surface area contributed by atoms with Gasteiger partial charge in [-0.15, -0.1) is 0 Å². The summed E-state index contributed by atoms with van der Waals surface area (Å²) >= 11 is 0. The van der Waals surface area contributed by atoms with Crippen molar-refractivity contribution >= 4 is 5.82 Å². The average Bonchev–Trinajstić information content (AvgIpc) is 2.47. The van der Waals surface area contributed by atoms with Crippen LogP contribution in [-0.4, -0.2) is 23.7 Å². The van der Waals surface area contributed by atoms with Gasteiger partial charge in [-0.1, -0.05) is 0 Å². The van der Waals surface area contributed by atoms with E-state index in [1.54, 1.807) is 12.1 Å². The van der Waals surface area contributed by atoms with Gasteiger partial charge in [-0.25, -0.2) is 14.4 Å². The minimum absolute atomic E-state index is 0.188. The van der Waals surface area contributed by atoms with E-state index in [0.717, 1.165) is 11.3 Å². The highest BCUT2D eigenvalue weighted by atomic mass is 19.1. The Balaban J connectivity index is 2.06. The molecule has 2 aromatic rings. The number of halogens is 1. The number of hydrogen-bond acceptors (Lipinski definition) is 5. The van der Waals surface area contributed by atoms with Crippen molar-refractivity contribution in [2.75, 3.05) is 19.5 Å². The van der Waals surface area contributed by atoms with Crippen molar-refractivity contribution in [2.45, 2.75) is 13.0 Å². The van der Waals surface area contributed by atoms with Crippen molar-refractivity contribution in [2.24, 2.45) is 0 Å². The Labute approximate surface area is 115 Å². The Morgan fingerprint density at radius 3 is 2.95 bits per heavy atom. The van der Waals surface area contributed by atoms with Crippen LogP contribution in [-0.2, 0) is 17.8 Å². The predicted molar refractivity (Wildman–Crippen MR) is 71.8 cm³/mol. The zero-order valence-corrected chi connectivity index (χ0v) is 11.0. The van der Waals surface area contributed by atoms with Gasteiger partial charge in [-0.2, -0.15) is 0 Å². The molecule has 0 bridgehead atoms. The molecule has 1 aromatic heterocycles. The number of rotatable bonds is 2. The molecule has 0 saturated heterocycles. The van der Waals surface area contributed by atoms with Crippen LogP contribution < -0.4 is 10.5 Å². The third-order valence-corrected chi connectivity index (χ3v) is 3.26. The second kappa shape index (κ2) is 5.05. The van der Waals surface area contributed by atoms with Gasteiger partial charge in [0.05, 0.1) is 26.0 Å². The number of anilines is 1. The molecule has 1 aliphatic heterocycles. The smallest absolute Gasteiger partial charge is 0.165 e. The number of fused-ring (bicyclic) bond motifs is 1. The maximum atomic E-state index is 13.7. The fraction of sp³-hybridized carbons (Fsp3) is 0.286. The Morgan fingerprint density at radius 2 is 2.20 bits per heavy atom. The molecule has 20 heavy (non-hydrogen) atoms. The topological polar surface area (TPSA) is 70.3 Å². The van der Waals surface area contributed by atoms with E-state index in [9.17, 15) is 4.39 Å². The second-order valence-electron chi connectivity index (χ2n) is 4.51. The molecule has 2 N–H and O–H groups in total. The van der Waals surface area contributed by atoms with Crippen LogP contribution in [0.2, 0.25) is 0 Å². The first-order chi connectivity index (χ1) is 9.69. The molecule has 0 saturated carbocycles. The molecular formula is C14H14FN3O2. The van der Waals surface area contributed by atoms with E-state index < -0.39 is 5.82 Å². The van der Waals surface area contributed by atoms with Crippen LogP contribution in [0.4, 0.5) is 10.2 Å². The normalized spacial score (nSPS) is 13.9. The van der Waals surface area contributed by atoms with E-state index in [4.69, 9.17) is 15.2 Å². The van der Waals surface area contributed by atoms with E-state index in [0.29, 0.717) is 36.8 Å². The van der Waals surface area contributed by atoms with E-state index >= 15 is 0 Å². The van der Waals surface area contributed by atoms with Gasteiger partial charge in [-0.3, -0.25) is 0 Å². The lowest BCUT2D eigenvalue weighted by Gasteiger charge is -2.17. The molecule has 0 atom stereocenters. The van der Waals surface area contributed by atoms with Crippen molar-refractivity contribution in [1.82, 2.24) is 9.97 Å². The van der Waals surface area contributed by atoms with Gasteiger partial charge in [0.2, 0.25) is 0 Å². The maximum Gasteiger partial charge on any atom is 0.165 e. The van der Waals surface area contributed by atoms with E-state index in [1.807, 2.05) is 0 Å². The highest BCUT2D eigenvalue weighted by molar-refractivity contribution is 5.60. The summed E-state index contributed by atoms with van der Waals surface area (Å²) in [4.78, 5) is 8.69. The van der Waals surface area contributed by atoms with Crippen LogP contribution in [0.3, 0.4) is 0 Å². The van der Waals surface area contributed by atoms with Gasteiger partial charge in [-0.05, 0) is 18.2 Å². The number of nitrogen functional groups attached to an aromatic ring is 1. The Kier molecular flexibility index (Phi) is 3.23. The molecule has 0 radical (unpaired) electrons. The quantitative estimate of drug-likeness (QED) is 0.907. The van der Waals surface area contributed by atoms with Crippen LogP contribution >= 0.6 is 0 Å². The monoisotopic (exact) mass is 275 g/mol. The molecule has 0 fully saturated rings. The molecule has 0 unspecified atom stereocenters. The molecule has 0 amide bonds. The van der Waals surface area contributed by atoms with Crippen molar-refractivity contribution in [3.05, 3.63) is 35.3 Å². The molecule has 1 aromatic carbocycles. The largest absolute Gasteiger partial charge is 0.494 e. The minimum atomic E-state index is -0.451. The molecule has 104 valence electrons. The Morgan fingerprint density at radius 1 is 1.35 bits per heavy atom. The summed E-state index contributed by atoms with van der Waals surface area (Å²) in [5, 5.41) is 0. The highest BCUT2D eigenvalue weighted by Gasteiger charge is 2.17. The van der Waals surface area contributed by atoms with Gasteiger partial charge in [0.15, 0.2) is 17.4 Å². The zero-order valence-electron chi connectivity index (χ0n) is 11.0. The van der Waals surface area contributed by atoms with Gasteiger partial charge < -0.3 is 15.2 Å². The van der Waals surface area contributed by atoms with E-state index in [-0.39, 0.29) is 5.75 Å². The third-order valence-electron chi connectivity index (χ3n) is 3.26. The lowest BCUT2D eigenvalue weighted by molar-refractivity contribution is 0.109. The lowest BCUT2D eigenvalue weighted by Crippen LogP contribution is -2.16. The summed E-state index contributed by atoms with van der Waals surface area (Å²) in [5.74, 6) is 0.548. The van der Waals surface area contributed by atoms with Gasteiger partial charge >= 0.3 is 0 Å². The fourth-order valence-corrected chi connectivity index (χ4v) is 2.19. The first-order valence-electron chi connectivity index (χ1n) is 6.26. The number of aromatic nitrogens is 2. The molecule has 1 aliphatic rings. The van der Waals surface area contributed by atoms with E-state index in [1.165, 1.54) is 13.2 Å². The average molecular weight is 275 g/mol. The predicted octanol–water partition coefficient (Wildman–Crippen LogP) is 1.95. The van der Waals surface area contributed by atoms with Gasteiger partial charge in [0.25, 0.3) is 0 Å². The first kappa shape index (κ1) is 12.8. The van der Waals surface area contributed by atoms with Crippen molar-refractivity contribution in [3.63, 3.8) is 0 Å². The highest BCUT2D eigenvalue weighted by Crippen LogP contribution is 2.27. The van der Waals surface area contributed by atoms with Crippen molar-refractivity contribution in [3.8, 4) is 17.1 Å². The molecule has 0 spiro atoms. The molecule has 5 nitrogen and oxygen atoms in total. The van der Waals surface area contributed by atoms with Crippen molar-refractivity contribution < 1.29 is 13.9 Å². The molecule has 0 aliphatic carbocycles. The van der Waals surface area contributed by atoms with Crippen LogP contribution in [0, 0.1) is 5.82 Å². The molecular weight excluding hydrogens is 261 g/mol. The summed E-state index contributed by atoms with van der Waals surface area (Å²) in [6.07, 6.45) is 0.688. The third kappa shape index (κ3) is 2.18. The van der Waals surface area contributed by atoms with Crippen molar-refractivity contribution in [1.29, 1.82) is 0 Å². The number of hydrogen-bond donors (Lipinski definition) is 1. The molecule has 3 rings (SSSR count). The summed E-state index contributed by atoms with van der Waals surface area (Å²) in [7, 11) is 1.42. The first-order valence-corrected chi connectivity index (χ1v) is 6.26. The van der Waals surface area contributed by atoms with Crippen LogP contribution in [0.1, 0.15) is 11.3 Å². The lowest BCUT2D eigenvalue weighted by atomic mass is 10.1. The zero-order chi connectivity index (χ0) is 14.1. The fourth-order valence-electron chi connectivity index (χ4n) is 2.19. The Hall–Kier alpha value is -2.21. The summed E-state index contributed by atoms with van der Waals surface area (Å²) in [6.45, 7) is 1.04. The molecule has 6 heteroatoms. The molecule has 2 heterocycles. The summed E-state index contributed by atoms with van der Waals surface area (Å²) in [5.41, 5.74) is 8.20. The second-order valence-corrected chi connectivity index (χ2v) is 4.51. The van der Waals surface area contributed by atoms with Crippen LogP contribution in [0.25, 0.3) is 11.4 Å². The number of nitrogens with two attached hydrogens (primary N) is 1. The number of nitrogens with zero attached hydrogens (tertiary/aromatic N) is 2. The van der Waals surface area contributed by atoms with Crippen LogP contribution in [0.15, 0.2) is 18.2 Å². The minimum Gasteiger partial charge on any atom is -0.494 e. The van der Waals surface area contributed by atoms with Crippen LogP contribution in [0.5, 0.6) is 5.75 Å². The number of methoxy groups -OCH3 is 1. The number of benzene rings is 1. The summed E-state index contributed by atoms with van der Waals surface area (Å²) < 4.78 is 24.0. The summed E-state index contributed by atoms with van der Waals surface area (Å²) in [6, 6.07) is 4.61.